The number of aromatic nitrogens is 1. The van der Waals surface area contributed by atoms with E-state index in [2.05, 4.69) is 66.6 Å². The summed E-state index contributed by atoms with van der Waals surface area (Å²) in [6.07, 6.45) is 2.36. The summed E-state index contributed by atoms with van der Waals surface area (Å²) in [5.41, 5.74) is 2.28. The number of hydrogen-bond acceptors (Lipinski definition) is 5. The Morgan fingerprint density at radius 3 is 2.08 bits per heavy atom. The molecule has 5 heteroatoms. The van der Waals surface area contributed by atoms with Crippen molar-refractivity contribution in [3.8, 4) is 0 Å². The number of fused-ring (bicyclic) bond motifs is 2. The molecule has 5 nitrogen and oxygen atoms in total. The lowest BCUT2D eigenvalue weighted by Crippen LogP contribution is -2.36. The van der Waals surface area contributed by atoms with Gasteiger partial charge in [-0.1, -0.05) is 6.07 Å². The molecule has 0 saturated heterocycles. The molecule has 0 saturated carbocycles. The minimum Gasteiger partial charge on any atom is -0.309 e. The Morgan fingerprint density at radius 2 is 1.58 bits per heavy atom. The maximum Gasteiger partial charge on any atom is 0.0574 e. The first-order chi connectivity index (χ1) is 11.6. The number of pyridine rings is 1. The number of hydrogen-bond donors (Lipinski definition) is 2. The quantitative estimate of drug-likeness (QED) is 0.886. The Kier molecular flexibility index (Phi) is 8.12. The van der Waals surface area contributed by atoms with Crippen LogP contribution in [0.15, 0.2) is 18.2 Å². The third kappa shape index (κ3) is 6.48. The average Bonchev–Trinajstić information content (AvgIpc) is 2.58. The fourth-order valence-corrected chi connectivity index (χ4v) is 3.08. The highest BCUT2D eigenvalue weighted by Gasteiger charge is 2.12. The second-order valence-electron chi connectivity index (χ2n) is 7.19. The van der Waals surface area contributed by atoms with Gasteiger partial charge in [0.05, 0.1) is 11.4 Å². The first-order valence-corrected chi connectivity index (χ1v) is 9.37. The van der Waals surface area contributed by atoms with E-state index in [9.17, 15) is 0 Å². The van der Waals surface area contributed by atoms with Crippen LogP contribution in [0, 0.1) is 0 Å². The molecule has 0 fully saturated rings. The Balaban J connectivity index is 1.98. The first-order valence-electron chi connectivity index (χ1n) is 9.37. The third-order valence-corrected chi connectivity index (χ3v) is 4.75. The SMILES string of the molecule is CC1NCCCN(CCN(C)C)CCCNC(C)c2cccc1n2. The summed E-state index contributed by atoms with van der Waals surface area (Å²) < 4.78 is 0. The van der Waals surface area contributed by atoms with Crippen molar-refractivity contribution >= 4 is 0 Å². The van der Waals surface area contributed by atoms with Gasteiger partial charge in [-0.2, -0.15) is 0 Å². The molecule has 136 valence electrons. The van der Waals surface area contributed by atoms with Gasteiger partial charge in [0.15, 0.2) is 0 Å². The van der Waals surface area contributed by atoms with Gasteiger partial charge in [-0.3, -0.25) is 4.98 Å². The monoisotopic (exact) mass is 333 g/mol. The van der Waals surface area contributed by atoms with Gasteiger partial charge in [0, 0.05) is 25.2 Å². The Hall–Kier alpha value is -1.01. The highest BCUT2D eigenvalue weighted by Crippen LogP contribution is 2.15. The van der Waals surface area contributed by atoms with E-state index < -0.39 is 0 Å². The van der Waals surface area contributed by atoms with Crippen LogP contribution < -0.4 is 10.6 Å². The van der Waals surface area contributed by atoms with E-state index in [0.717, 1.165) is 50.7 Å². The van der Waals surface area contributed by atoms with Crippen LogP contribution in [0.1, 0.15) is 50.2 Å². The van der Waals surface area contributed by atoms with Gasteiger partial charge in [0.1, 0.15) is 0 Å². The summed E-state index contributed by atoms with van der Waals surface area (Å²) in [7, 11) is 4.30. The Labute approximate surface area is 147 Å². The Bertz CT molecular complexity index is 443. The van der Waals surface area contributed by atoms with Crippen LogP contribution in [0.4, 0.5) is 0 Å². The number of rotatable bonds is 3. The second-order valence-corrected chi connectivity index (χ2v) is 7.19. The van der Waals surface area contributed by atoms with Crippen LogP contribution in [-0.2, 0) is 0 Å². The standard InChI is InChI=1S/C19H35N5/c1-16-18-8-5-9-19(22-18)17(2)21-11-7-13-24(12-6-10-20-16)15-14-23(3)4/h5,8-9,16-17,20-21H,6-7,10-15H2,1-4H3. The van der Waals surface area contributed by atoms with E-state index >= 15 is 0 Å². The molecule has 24 heavy (non-hydrogen) atoms. The fourth-order valence-electron chi connectivity index (χ4n) is 3.08. The molecular weight excluding hydrogens is 298 g/mol. The lowest BCUT2D eigenvalue weighted by atomic mass is 10.1. The molecule has 0 radical (unpaired) electrons. The number of nitrogens with one attached hydrogen (secondary N) is 2. The topological polar surface area (TPSA) is 43.4 Å². The number of nitrogens with zero attached hydrogens (tertiary/aromatic N) is 3. The van der Waals surface area contributed by atoms with Gasteiger partial charge in [-0.15, -0.1) is 0 Å². The van der Waals surface area contributed by atoms with Crippen LogP contribution >= 0.6 is 0 Å². The molecule has 1 aliphatic heterocycles. The summed E-state index contributed by atoms with van der Waals surface area (Å²) >= 11 is 0. The molecule has 0 spiro atoms. The predicted molar refractivity (Wildman–Crippen MR) is 101 cm³/mol. The predicted octanol–water partition coefficient (Wildman–Crippen LogP) is 2.04. The fraction of sp³-hybridized carbons (Fsp3) is 0.737. The first kappa shape index (κ1) is 19.3. The van der Waals surface area contributed by atoms with Gasteiger partial charge in [0.2, 0.25) is 0 Å². The zero-order valence-corrected chi connectivity index (χ0v) is 15.9. The van der Waals surface area contributed by atoms with Crippen LogP contribution in [0.5, 0.6) is 0 Å². The number of likely N-dealkylation sites (N-methyl/N-ethyl adjacent to an activating group) is 1. The van der Waals surface area contributed by atoms with Crippen molar-refractivity contribution in [3.63, 3.8) is 0 Å². The van der Waals surface area contributed by atoms with E-state index in [1.54, 1.807) is 0 Å². The lowest BCUT2D eigenvalue weighted by Gasteiger charge is -2.25. The van der Waals surface area contributed by atoms with Crippen molar-refractivity contribution in [1.82, 2.24) is 25.4 Å². The summed E-state index contributed by atoms with van der Waals surface area (Å²) in [6.45, 7) is 11.1. The van der Waals surface area contributed by atoms with Crippen molar-refractivity contribution in [2.24, 2.45) is 0 Å². The van der Waals surface area contributed by atoms with Crippen molar-refractivity contribution in [2.45, 2.75) is 38.8 Å². The Morgan fingerprint density at radius 1 is 1.04 bits per heavy atom. The highest BCUT2D eigenvalue weighted by atomic mass is 15.2. The van der Waals surface area contributed by atoms with Crippen LogP contribution in [0.25, 0.3) is 0 Å². The average molecular weight is 334 g/mol. The molecule has 0 aromatic carbocycles. The highest BCUT2D eigenvalue weighted by molar-refractivity contribution is 5.16. The van der Waals surface area contributed by atoms with Crippen LogP contribution in [-0.4, -0.2) is 68.1 Å². The van der Waals surface area contributed by atoms with Gasteiger partial charge in [-0.25, -0.2) is 0 Å². The largest absolute Gasteiger partial charge is 0.309 e. The summed E-state index contributed by atoms with van der Waals surface area (Å²) in [4.78, 5) is 9.71. The van der Waals surface area contributed by atoms with Crippen LogP contribution in [0.3, 0.4) is 0 Å². The van der Waals surface area contributed by atoms with Crippen molar-refractivity contribution in [1.29, 1.82) is 0 Å². The molecular formula is C19H35N5. The van der Waals surface area contributed by atoms with Crippen molar-refractivity contribution < 1.29 is 0 Å². The van der Waals surface area contributed by atoms with Gasteiger partial charge >= 0.3 is 0 Å². The molecule has 1 aliphatic rings. The van der Waals surface area contributed by atoms with E-state index in [4.69, 9.17) is 4.98 Å². The van der Waals surface area contributed by atoms with Crippen LogP contribution in [0.2, 0.25) is 0 Å². The lowest BCUT2D eigenvalue weighted by molar-refractivity contribution is 0.233. The molecule has 2 rings (SSSR count). The van der Waals surface area contributed by atoms with Crippen molar-refractivity contribution in [2.75, 3.05) is 53.4 Å². The summed E-state index contributed by atoms with van der Waals surface area (Å²) in [5.74, 6) is 0. The maximum atomic E-state index is 4.85. The molecule has 0 aliphatic carbocycles. The zero-order valence-electron chi connectivity index (χ0n) is 15.9. The molecule has 2 unspecified atom stereocenters. The second kappa shape index (κ2) is 10.1. The van der Waals surface area contributed by atoms with Gasteiger partial charge < -0.3 is 20.4 Å². The molecule has 2 atom stereocenters. The van der Waals surface area contributed by atoms with E-state index in [0.29, 0.717) is 12.1 Å². The smallest absolute Gasteiger partial charge is 0.0574 e. The van der Waals surface area contributed by atoms with E-state index in [1.807, 2.05) is 0 Å². The third-order valence-electron chi connectivity index (χ3n) is 4.75. The zero-order chi connectivity index (χ0) is 17.4. The van der Waals surface area contributed by atoms with E-state index in [1.165, 1.54) is 12.8 Å². The normalized spacial score (nSPS) is 24.7. The molecule has 1 aromatic heterocycles. The minimum absolute atomic E-state index is 0.301. The molecule has 2 bridgehead atoms. The van der Waals surface area contributed by atoms with Crippen molar-refractivity contribution in [3.05, 3.63) is 29.6 Å². The molecule has 2 N–H and O–H groups in total. The van der Waals surface area contributed by atoms with Gasteiger partial charge in [-0.05, 0) is 79.1 Å². The maximum absolute atomic E-state index is 4.85. The minimum atomic E-state index is 0.301. The molecule has 1 aromatic rings. The summed E-state index contributed by atoms with van der Waals surface area (Å²) in [5, 5.41) is 7.25. The summed E-state index contributed by atoms with van der Waals surface area (Å²) in [6, 6.07) is 6.99. The molecule has 2 heterocycles. The molecule has 0 amide bonds. The van der Waals surface area contributed by atoms with Gasteiger partial charge in [0.25, 0.3) is 0 Å². The van der Waals surface area contributed by atoms with E-state index in [-0.39, 0.29) is 0 Å².